The number of oxime groups is 1. The van der Waals surface area contributed by atoms with Gasteiger partial charge in [0.15, 0.2) is 5.84 Å². The molecule has 0 aliphatic heterocycles. The van der Waals surface area contributed by atoms with E-state index in [1.165, 1.54) is 0 Å². The standard InChI is InChI=1S/C13H20N4O2/c1-3-4-11(12(14)17-19)16-13(18)15-10-7-5-9(2)6-8-10/h5-8,11,19H,3-4H2,1-2H3,(H2,14,17)(H2,15,16,18). The molecule has 0 aromatic heterocycles. The lowest BCUT2D eigenvalue weighted by Crippen LogP contribution is -2.46. The van der Waals surface area contributed by atoms with Crippen molar-refractivity contribution < 1.29 is 10.0 Å². The maximum atomic E-state index is 11.8. The van der Waals surface area contributed by atoms with Gasteiger partial charge in [0.25, 0.3) is 0 Å². The first-order valence-electron chi connectivity index (χ1n) is 6.18. The second kappa shape index (κ2) is 7.25. The number of nitrogens with one attached hydrogen (secondary N) is 2. The second-order valence-electron chi connectivity index (χ2n) is 4.33. The van der Waals surface area contributed by atoms with Gasteiger partial charge in [-0.05, 0) is 25.5 Å². The zero-order valence-electron chi connectivity index (χ0n) is 11.2. The third kappa shape index (κ3) is 4.87. The predicted molar refractivity (Wildman–Crippen MR) is 75.4 cm³/mol. The Morgan fingerprint density at radius 1 is 1.42 bits per heavy atom. The van der Waals surface area contributed by atoms with Crippen LogP contribution in [-0.4, -0.2) is 23.1 Å². The number of hydrogen-bond donors (Lipinski definition) is 4. The molecule has 104 valence electrons. The average molecular weight is 264 g/mol. The normalized spacial score (nSPS) is 12.8. The first kappa shape index (κ1) is 14.8. The molecular weight excluding hydrogens is 244 g/mol. The molecule has 6 heteroatoms. The molecule has 0 saturated carbocycles. The second-order valence-corrected chi connectivity index (χ2v) is 4.33. The Labute approximate surface area is 112 Å². The Morgan fingerprint density at radius 2 is 2.05 bits per heavy atom. The van der Waals surface area contributed by atoms with E-state index in [1.807, 2.05) is 38.1 Å². The molecule has 5 N–H and O–H groups in total. The van der Waals surface area contributed by atoms with E-state index in [1.54, 1.807) is 0 Å². The van der Waals surface area contributed by atoms with E-state index in [9.17, 15) is 4.79 Å². The van der Waals surface area contributed by atoms with Crippen LogP contribution in [0.25, 0.3) is 0 Å². The van der Waals surface area contributed by atoms with Gasteiger partial charge in [-0.1, -0.05) is 36.2 Å². The van der Waals surface area contributed by atoms with Crippen molar-refractivity contribution in [1.29, 1.82) is 0 Å². The van der Waals surface area contributed by atoms with Crippen molar-refractivity contribution in [3.05, 3.63) is 29.8 Å². The van der Waals surface area contributed by atoms with Crippen molar-refractivity contribution in [3.63, 3.8) is 0 Å². The number of carbonyl (C=O) groups is 1. The fraction of sp³-hybridized carbons (Fsp3) is 0.385. The van der Waals surface area contributed by atoms with Gasteiger partial charge in [-0.25, -0.2) is 4.79 Å². The van der Waals surface area contributed by atoms with Crippen LogP contribution in [0.4, 0.5) is 10.5 Å². The monoisotopic (exact) mass is 264 g/mol. The summed E-state index contributed by atoms with van der Waals surface area (Å²) in [6.07, 6.45) is 1.42. The Morgan fingerprint density at radius 3 is 2.58 bits per heavy atom. The molecule has 1 aromatic rings. The van der Waals surface area contributed by atoms with Crippen LogP contribution in [-0.2, 0) is 0 Å². The van der Waals surface area contributed by atoms with Crippen molar-refractivity contribution in [2.45, 2.75) is 32.7 Å². The molecule has 0 bridgehead atoms. The summed E-state index contributed by atoms with van der Waals surface area (Å²) in [5.41, 5.74) is 7.33. The van der Waals surface area contributed by atoms with E-state index >= 15 is 0 Å². The molecule has 0 heterocycles. The number of carbonyl (C=O) groups excluding carboxylic acids is 1. The maximum Gasteiger partial charge on any atom is 0.319 e. The first-order chi connectivity index (χ1) is 9.06. The van der Waals surface area contributed by atoms with Gasteiger partial charge in [0.1, 0.15) is 0 Å². The number of urea groups is 1. The van der Waals surface area contributed by atoms with Crippen molar-refractivity contribution in [1.82, 2.24) is 5.32 Å². The van der Waals surface area contributed by atoms with Crippen molar-refractivity contribution >= 4 is 17.6 Å². The van der Waals surface area contributed by atoms with E-state index in [-0.39, 0.29) is 11.9 Å². The van der Waals surface area contributed by atoms with Gasteiger partial charge >= 0.3 is 6.03 Å². The molecule has 1 atom stereocenters. The van der Waals surface area contributed by atoms with Crippen LogP contribution >= 0.6 is 0 Å². The Hall–Kier alpha value is -2.24. The highest BCUT2D eigenvalue weighted by Crippen LogP contribution is 2.08. The average Bonchev–Trinajstić information content (AvgIpc) is 2.40. The summed E-state index contributed by atoms with van der Waals surface area (Å²) in [4.78, 5) is 11.8. The minimum Gasteiger partial charge on any atom is -0.409 e. The van der Waals surface area contributed by atoms with E-state index in [0.29, 0.717) is 12.1 Å². The van der Waals surface area contributed by atoms with E-state index in [0.717, 1.165) is 12.0 Å². The fourth-order valence-corrected chi connectivity index (χ4v) is 1.61. The minimum absolute atomic E-state index is 0.000839. The van der Waals surface area contributed by atoms with Crippen LogP contribution in [0.3, 0.4) is 0 Å². The zero-order valence-corrected chi connectivity index (χ0v) is 11.2. The van der Waals surface area contributed by atoms with E-state index < -0.39 is 6.04 Å². The molecule has 1 rings (SSSR count). The summed E-state index contributed by atoms with van der Waals surface area (Å²) >= 11 is 0. The number of amides is 2. The SMILES string of the molecule is CCCC(NC(=O)Nc1ccc(C)cc1)/C(N)=N/O. The van der Waals surface area contributed by atoms with Gasteiger partial charge in [0.2, 0.25) is 0 Å². The summed E-state index contributed by atoms with van der Waals surface area (Å²) in [5, 5.41) is 16.9. The highest BCUT2D eigenvalue weighted by molar-refractivity contribution is 5.94. The fourth-order valence-electron chi connectivity index (χ4n) is 1.61. The van der Waals surface area contributed by atoms with Crippen LogP contribution in [0.1, 0.15) is 25.3 Å². The Kier molecular flexibility index (Phi) is 5.66. The summed E-state index contributed by atoms with van der Waals surface area (Å²) in [6.45, 7) is 3.93. The van der Waals surface area contributed by atoms with E-state index in [2.05, 4.69) is 15.8 Å². The number of benzene rings is 1. The van der Waals surface area contributed by atoms with Crippen LogP contribution < -0.4 is 16.4 Å². The summed E-state index contributed by atoms with van der Waals surface area (Å²) in [6, 6.07) is 6.58. The molecule has 0 aliphatic carbocycles. The topological polar surface area (TPSA) is 99.7 Å². The number of amidine groups is 1. The molecule has 2 amide bonds. The first-order valence-corrected chi connectivity index (χ1v) is 6.18. The predicted octanol–water partition coefficient (Wildman–Crippen LogP) is 2.03. The van der Waals surface area contributed by atoms with Crippen LogP contribution in [0, 0.1) is 6.92 Å². The third-order valence-electron chi connectivity index (χ3n) is 2.66. The zero-order chi connectivity index (χ0) is 14.3. The van der Waals surface area contributed by atoms with Gasteiger partial charge in [-0.2, -0.15) is 0 Å². The van der Waals surface area contributed by atoms with Crippen molar-refractivity contribution in [3.8, 4) is 0 Å². The molecule has 0 saturated heterocycles. The number of aryl methyl sites for hydroxylation is 1. The van der Waals surface area contributed by atoms with Gasteiger partial charge in [-0.3, -0.25) is 0 Å². The van der Waals surface area contributed by atoms with Crippen molar-refractivity contribution in [2.75, 3.05) is 5.32 Å². The molecule has 0 aliphatic rings. The van der Waals surface area contributed by atoms with Gasteiger partial charge in [0, 0.05) is 5.69 Å². The van der Waals surface area contributed by atoms with Crippen molar-refractivity contribution in [2.24, 2.45) is 10.9 Å². The summed E-state index contributed by atoms with van der Waals surface area (Å²) in [7, 11) is 0. The summed E-state index contributed by atoms with van der Waals surface area (Å²) < 4.78 is 0. The molecule has 0 fully saturated rings. The van der Waals surface area contributed by atoms with Crippen LogP contribution in [0.15, 0.2) is 29.4 Å². The smallest absolute Gasteiger partial charge is 0.319 e. The minimum atomic E-state index is -0.472. The molecular formula is C13H20N4O2. The highest BCUT2D eigenvalue weighted by atomic mass is 16.4. The number of hydrogen-bond acceptors (Lipinski definition) is 3. The lowest BCUT2D eigenvalue weighted by Gasteiger charge is -2.17. The number of anilines is 1. The maximum absolute atomic E-state index is 11.8. The largest absolute Gasteiger partial charge is 0.409 e. The van der Waals surface area contributed by atoms with Crippen LogP contribution in [0.5, 0.6) is 0 Å². The number of nitrogens with two attached hydrogens (primary N) is 1. The molecule has 19 heavy (non-hydrogen) atoms. The quantitative estimate of drug-likeness (QED) is 0.283. The lowest BCUT2D eigenvalue weighted by molar-refractivity contribution is 0.250. The molecule has 6 nitrogen and oxygen atoms in total. The molecule has 0 spiro atoms. The summed E-state index contributed by atoms with van der Waals surface area (Å²) in [5.74, 6) is 0.000839. The lowest BCUT2D eigenvalue weighted by atomic mass is 10.1. The number of nitrogens with zero attached hydrogens (tertiary/aromatic N) is 1. The van der Waals surface area contributed by atoms with Gasteiger partial charge < -0.3 is 21.6 Å². The highest BCUT2D eigenvalue weighted by Gasteiger charge is 2.15. The van der Waals surface area contributed by atoms with Crippen LogP contribution in [0.2, 0.25) is 0 Å². The Balaban J connectivity index is 2.60. The molecule has 1 unspecified atom stereocenters. The van der Waals surface area contributed by atoms with E-state index in [4.69, 9.17) is 10.9 Å². The molecule has 1 aromatic carbocycles. The molecule has 0 radical (unpaired) electrons. The number of rotatable bonds is 5. The Bertz CT molecular complexity index is 442. The van der Waals surface area contributed by atoms with Gasteiger partial charge in [0.05, 0.1) is 6.04 Å². The third-order valence-corrected chi connectivity index (χ3v) is 2.66. The van der Waals surface area contributed by atoms with Gasteiger partial charge in [-0.15, -0.1) is 0 Å².